The van der Waals surface area contributed by atoms with Crippen molar-refractivity contribution in [3.8, 4) is 0 Å². The standard InChI is InChI=1S/C17H26N4O3/c1-13-3-4-15(14(2)11-13)18-17(24)19-16(23)12-21-7-5-20(6-8-21)9-10-22/h3-4,11,22H,5-10,12H2,1-2H3,(H2,18,19,23,24). The monoisotopic (exact) mass is 334 g/mol. The fourth-order valence-corrected chi connectivity index (χ4v) is 2.79. The van der Waals surface area contributed by atoms with E-state index in [-0.39, 0.29) is 19.1 Å². The molecule has 1 fully saturated rings. The van der Waals surface area contributed by atoms with Crippen LogP contribution >= 0.6 is 0 Å². The number of hydrogen-bond acceptors (Lipinski definition) is 5. The lowest BCUT2D eigenvalue weighted by Gasteiger charge is -2.33. The average molecular weight is 334 g/mol. The van der Waals surface area contributed by atoms with Crippen molar-refractivity contribution >= 4 is 17.6 Å². The number of carbonyl (C=O) groups is 2. The highest BCUT2D eigenvalue weighted by molar-refractivity contribution is 6.02. The van der Waals surface area contributed by atoms with Gasteiger partial charge in [0, 0.05) is 38.4 Å². The van der Waals surface area contributed by atoms with Crippen LogP contribution in [0.5, 0.6) is 0 Å². The number of amides is 3. The van der Waals surface area contributed by atoms with Gasteiger partial charge in [0.1, 0.15) is 0 Å². The summed E-state index contributed by atoms with van der Waals surface area (Å²) in [5.74, 6) is -0.312. The van der Waals surface area contributed by atoms with Gasteiger partial charge in [0.05, 0.1) is 13.2 Å². The summed E-state index contributed by atoms with van der Waals surface area (Å²) >= 11 is 0. The van der Waals surface area contributed by atoms with E-state index in [0.717, 1.165) is 37.3 Å². The average Bonchev–Trinajstić information content (AvgIpc) is 2.52. The maximum absolute atomic E-state index is 12.0. The van der Waals surface area contributed by atoms with Crippen LogP contribution in [0.3, 0.4) is 0 Å². The molecule has 3 amide bonds. The number of rotatable bonds is 5. The maximum Gasteiger partial charge on any atom is 0.325 e. The fourth-order valence-electron chi connectivity index (χ4n) is 2.79. The van der Waals surface area contributed by atoms with Gasteiger partial charge in [0.15, 0.2) is 0 Å². The van der Waals surface area contributed by atoms with Gasteiger partial charge in [-0.3, -0.25) is 19.9 Å². The summed E-state index contributed by atoms with van der Waals surface area (Å²) in [6, 6.07) is 5.21. The third kappa shape index (κ3) is 5.59. The van der Waals surface area contributed by atoms with Crippen molar-refractivity contribution in [2.75, 3.05) is 51.2 Å². The highest BCUT2D eigenvalue weighted by atomic mass is 16.3. The number of carbonyl (C=O) groups excluding carboxylic acids is 2. The van der Waals surface area contributed by atoms with Gasteiger partial charge in [0.2, 0.25) is 5.91 Å². The van der Waals surface area contributed by atoms with Crippen LogP contribution in [-0.4, -0.2) is 72.7 Å². The SMILES string of the molecule is Cc1ccc(NC(=O)NC(=O)CN2CCN(CCO)CC2)c(C)c1. The first-order valence-electron chi connectivity index (χ1n) is 8.21. The molecule has 0 spiro atoms. The number of piperazine rings is 1. The number of aliphatic hydroxyl groups is 1. The Hall–Kier alpha value is -1.96. The van der Waals surface area contributed by atoms with Crippen molar-refractivity contribution in [2.24, 2.45) is 0 Å². The second-order valence-electron chi connectivity index (χ2n) is 6.16. The highest BCUT2D eigenvalue weighted by Crippen LogP contribution is 2.15. The van der Waals surface area contributed by atoms with Gasteiger partial charge in [-0.25, -0.2) is 4.79 Å². The highest BCUT2D eigenvalue weighted by Gasteiger charge is 2.19. The summed E-state index contributed by atoms with van der Waals surface area (Å²) in [7, 11) is 0. The van der Waals surface area contributed by atoms with E-state index in [1.165, 1.54) is 0 Å². The van der Waals surface area contributed by atoms with Crippen molar-refractivity contribution in [2.45, 2.75) is 13.8 Å². The Balaban J connectivity index is 1.75. The number of hydrogen-bond donors (Lipinski definition) is 3. The number of nitrogens with one attached hydrogen (secondary N) is 2. The number of anilines is 1. The summed E-state index contributed by atoms with van der Waals surface area (Å²) in [5, 5.41) is 14.0. The molecule has 0 bridgehead atoms. The molecule has 1 aliphatic heterocycles. The number of urea groups is 1. The predicted octanol–water partition coefficient (Wildman–Crippen LogP) is 0.561. The minimum Gasteiger partial charge on any atom is -0.395 e. The molecule has 0 aliphatic carbocycles. The minimum absolute atomic E-state index is 0.152. The topological polar surface area (TPSA) is 84.9 Å². The van der Waals surface area contributed by atoms with Crippen molar-refractivity contribution in [1.29, 1.82) is 0 Å². The quantitative estimate of drug-likeness (QED) is 0.733. The largest absolute Gasteiger partial charge is 0.395 e. The smallest absolute Gasteiger partial charge is 0.325 e. The number of imide groups is 1. The van der Waals surface area contributed by atoms with Crippen molar-refractivity contribution < 1.29 is 14.7 Å². The number of benzene rings is 1. The molecule has 7 heteroatoms. The van der Waals surface area contributed by atoms with Crippen molar-refractivity contribution in [3.05, 3.63) is 29.3 Å². The minimum atomic E-state index is -0.508. The first-order valence-corrected chi connectivity index (χ1v) is 8.21. The molecule has 0 unspecified atom stereocenters. The second-order valence-corrected chi connectivity index (χ2v) is 6.16. The van der Waals surface area contributed by atoms with Crippen LogP contribution in [0.1, 0.15) is 11.1 Å². The Morgan fingerprint density at radius 2 is 1.79 bits per heavy atom. The lowest BCUT2D eigenvalue weighted by molar-refractivity contribution is -0.121. The van der Waals surface area contributed by atoms with E-state index in [4.69, 9.17) is 5.11 Å². The first-order chi connectivity index (χ1) is 11.5. The molecule has 1 aliphatic rings. The predicted molar refractivity (Wildman–Crippen MR) is 93.0 cm³/mol. The summed E-state index contributed by atoms with van der Waals surface area (Å²) < 4.78 is 0. The van der Waals surface area contributed by atoms with Crippen LogP contribution in [-0.2, 0) is 4.79 Å². The van der Waals surface area contributed by atoms with Crippen molar-refractivity contribution in [1.82, 2.24) is 15.1 Å². The van der Waals surface area contributed by atoms with E-state index in [9.17, 15) is 9.59 Å². The molecule has 24 heavy (non-hydrogen) atoms. The normalized spacial score (nSPS) is 16.0. The van der Waals surface area contributed by atoms with E-state index < -0.39 is 6.03 Å². The Morgan fingerprint density at radius 1 is 1.12 bits per heavy atom. The first kappa shape index (κ1) is 18.4. The van der Waals surface area contributed by atoms with Gasteiger partial charge in [-0.15, -0.1) is 0 Å². The summed E-state index contributed by atoms with van der Waals surface area (Å²) in [6.45, 7) is 8.07. The third-order valence-electron chi connectivity index (χ3n) is 4.13. The van der Waals surface area contributed by atoms with E-state index in [2.05, 4.69) is 15.5 Å². The Bertz CT molecular complexity index is 583. The summed E-state index contributed by atoms with van der Waals surface area (Å²) in [5.41, 5.74) is 2.77. The zero-order valence-corrected chi connectivity index (χ0v) is 14.3. The molecule has 1 aromatic rings. The molecule has 1 aromatic carbocycles. The summed E-state index contributed by atoms with van der Waals surface area (Å²) in [6.07, 6.45) is 0. The van der Waals surface area contributed by atoms with E-state index in [1.54, 1.807) is 0 Å². The van der Waals surface area contributed by atoms with Crippen LogP contribution in [0, 0.1) is 13.8 Å². The van der Waals surface area contributed by atoms with Gasteiger partial charge < -0.3 is 10.4 Å². The van der Waals surface area contributed by atoms with Gasteiger partial charge >= 0.3 is 6.03 Å². The molecule has 2 rings (SSSR count). The zero-order chi connectivity index (χ0) is 17.5. The molecule has 3 N–H and O–H groups in total. The van der Waals surface area contributed by atoms with Gasteiger partial charge in [-0.2, -0.15) is 0 Å². The molecular weight excluding hydrogens is 308 g/mol. The third-order valence-corrected chi connectivity index (χ3v) is 4.13. The lowest BCUT2D eigenvalue weighted by Crippen LogP contribution is -2.50. The molecule has 1 heterocycles. The van der Waals surface area contributed by atoms with E-state index in [0.29, 0.717) is 12.2 Å². The van der Waals surface area contributed by atoms with Gasteiger partial charge in [-0.05, 0) is 25.5 Å². The number of aryl methyl sites for hydroxylation is 2. The molecule has 7 nitrogen and oxygen atoms in total. The molecule has 0 aromatic heterocycles. The molecule has 0 radical (unpaired) electrons. The van der Waals surface area contributed by atoms with Crippen LogP contribution in [0.2, 0.25) is 0 Å². The zero-order valence-electron chi connectivity index (χ0n) is 14.3. The number of β-amino-alcohol motifs (C(OH)–C–C–N with tert-alkyl or cyclic N) is 1. The number of nitrogens with zero attached hydrogens (tertiary/aromatic N) is 2. The van der Waals surface area contributed by atoms with Crippen molar-refractivity contribution in [3.63, 3.8) is 0 Å². The molecule has 1 saturated heterocycles. The van der Waals surface area contributed by atoms with Gasteiger partial charge in [0.25, 0.3) is 0 Å². The van der Waals surface area contributed by atoms with Crippen LogP contribution in [0.4, 0.5) is 10.5 Å². The Morgan fingerprint density at radius 3 is 2.42 bits per heavy atom. The molecule has 0 atom stereocenters. The lowest BCUT2D eigenvalue weighted by atomic mass is 10.1. The van der Waals surface area contributed by atoms with Crippen LogP contribution in [0.25, 0.3) is 0 Å². The number of aliphatic hydroxyl groups excluding tert-OH is 1. The molecule has 132 valence electrons. The van der Waals surface area contributed by atoms with E-state index in [1.807, 2.05) is 36.9 Å². The van der Waals surface area contributed by atoms with Gasteiger partial charge in [-0.1, -0.05) is 17.7 Å². The molecular formula is C17H26N4O3. The Labute approximate surface area is 142 Å². The summed E-state index contributed by atoms with van der Waals surface area (Å²) in [4.78, 5) is 28.1. The fraction of sp³-hybridized carbons (Fsp3) is 0.529. The van der Waals surface area contributed by atoms with Crippen LogP contribution < -0.4 is 10.6 Å². The molecule has 0 saturated carbocycles. The second kappa shape index (κ2) is 8.77. The van der Waals surface area contributed by atoms with E-state index >= 15 is 0 Å². The Kier molecular flexibility index (Phi) is 6.72. The van der Waals surface area contributed by atoms with Crippen LogP contribution in [0.15, 0.2) is 18.2 Å². The maximum atomic E-state index is 12.0.